The first kappa shape index (κ1) is 18.0. The molecule has 5 nitrogen and oxygen atoms in total. The molecule has 5 heteroatoms. The summed E-state index contributed by atoms with van der Waals surface area (Å²) < 4.78 is 10.4. The maximum atomic E-state index is 12.4. The number of ether oxygens (including phenoxy) is 2. The molecule has 1 saturated heterocycles. The van der Waals surface area contributed by atoms with Crippen molar-refractivity contribution in [3.05, 3.63) is 0 Å². The van der Waals surface area contributed by atoms with E-state index in [4.69, 9.17) is 9.47 Å². The molecule has 0 aliphatic carbocycles. The number of esters is 1. The van der Waals surface area contributed by atoms with Crippen molar-refractivity contribution in [3.8, 4) is 0 Å². The van der Waals surface area contributed by atoms with E-state index in [9.17, 15) is 9.59 Å². The Morgan fingerprint density at radius 1 is 1.19 bits per heavy atom. The zero-order valence-corrected chi connectivity index (χ0v) is 13.4. The molecule has 0 aromatic heterocycles. The summed E-state index contributed by atoms with van der Waals surface area (Å²) in [6.07, 6.45) is 6.14. The summed E-state index contributed by atoms with van der Waals surface area (Å²) in [5, 5.41) is 0. The Balaban J connectivity index is 2.43. The fourth-order valence-electron chi connectivity index (χ4n) is 2.50. The van der Waals surface area contributed by atoms with Crippen LogP contribution in [0.5, 0.6) is 0 Å². The van der Waals surface area contributed by atoms with Crippen molar-refractivity contribution in [1.82, 2.24) is 4.90 Å². The molecule has 1 amide bonds. The predicted molar refractivity (Wildman–Crippen MR) is 80.9 cm³/mol. The number of rotatable bonds is 10. The summed E-state index contributed by atoms with van der Waals surface area (Å²) in [6.45, 7) is 6.14. The molecule has 1 aliphatic rings. The number of nitrogens with zero attached hydrogens (tertiary/aromatic N) is 1. The van der Waals surface area contributed by atoms with E-state index < -0.39 is 0 Å². The van der Waals surface area contributed by atoms with Crippen LogP contribution in [-0.2, 0) is 19.1 Å². The van der Waals surface area contributed by atoms with Crippen LogP contribution in [0.4, 0.5) is 0 Å². The van der Waals surface area contributed by atoms with Gasteiger partial charge in [-0.3, -0.25) is 9.59 Å². The van der Waals surface area contributed by atoms with E-state index in [0.29, 0.717) is 26.3 Å². The van der Waals surface area contributed by atoms with Gasteiger partial charge >= 0.3 is 5.97 Å². The highest BCUT2D eigenvalue weighted by Gasteiger charge is 2.28. The van der Waals surface area contributed by atoms with Crippen molar-refractivity contribution in [2.75, 3.05) is 26.3 Å². The van der Waals surface area contributed by atoms with Crippen molar-refractivity contribution in [1.29, 1.82) is 0 Å². The van der Waals surface area contributed by atoms with Gasteiger partial charge in [0.25, 0.3) is 5.91 Å². The second-order valence-corrected chi connectivity index (χ2v) is 5.44. The molecule has 0 spiro atoms. The maximum absolute atomic E-state index is 12.4. The van der Waals surface area contributed by atoms with Gasteiger partial charge in [0.2, 0.25) is 0 Å². The Hall–Kier alpha value is -1.10. The first-order chi connectivity index (χ1) is 10.2. The summed E-state index contributed by atoms with van der Waals surface area (Å²) in [6, 6.07) is 0. The lowest BCUT2D eigenvalue weighted by atomic mass is 10.1. The van der Waals surface area contributed by atoms with Crippen molar-refractivity contribution >= 4 is 11.9 Å². The van der Waals surface area contributed by atoms with Crippen molar-refractivity contribution < 1.29 is 19.1 Å². The van der Waals surface area contributed by atoms with Gasteiger partial charge in [0.15, 0.2) is 0 Å². The minimum atomic E-state index is -0.307. The van der Waals surface area contributed by atoms with Crippen LogP contribution in [0.2, 0.25) is 0 Å². The molecular weight excluding hydrogens is 270 g/mol. The molecular formula is C16H29NO4. The molecule has 1 aliphatic heterocycles. The maximum Gasteiger partial charge on any atom is 0.307 e. The summed E-state index contributed by atoms with van der Waals surface area (Å²) in [7, 11) is 0. The molecule has 0 bridgehead atoms. The molecule has 122 valence electrons. The summed E-state index contributed by atoms with van der Waals surface area (Å²) in [5.41, 5.74) is 0. The van der Waals surface area contributed by atoms with Crippen LogP contribution < -0.4 is 0 Å². The summed E-state index contributed by atoms with van der Waals surface area (Å²) >= 11 is 0. The largest absolute Gasteiger partial charge is 0.466 e. The average Bonchev–Trinajstić information content (AvgIpc) is 3.00. The lowest BCUT2D eigenvalue weighted by molar-refractivity contribution is -0.145. The van der Waals surface area contributed by atoms with E-state index in [1.54, 1.807) is 11.8 Å². The van der Waals surface area contributed by atoms with Crippen LogP contribution in [0, 0.1) is 0 Å². The summed E-state index contributed by atoms with van der Waals surface area (Å²) in [5.74, 6) is -0.204. The topological polar surface area (TPSA) is 55.8 Å². The molecule has 0 N–H and O–H groups in total. The third kappa shape index (κ3) is 6.93. The van der Waals surface area contributed by atoms with Crippen molar-refractivity contribution in [2.24, 2.45) is 0 Å². The Morgan fingerprint density at radius 3 is 2.62 bits per heavy atom. The highest BCUT2D eigenvalue weighted by atomic mass is 16.5. The van der Waals surface area contributed by atoms with Crippen LogP contribution >= 0.6 is 0 Å². The number of amides is 1. The second kappa shape index (κ2) is 10.6. The van der Waals surface area contributed by atoms with Gasteiger partial charge in [-0.25, -0.2) is 0 Å². The molecule has 1 unspecified atom stereocenters. The Bertz CT molecular complexity index is 313. The molecule has 1 rings (SSSR count). The minimum Gasteiger partial charge on any atom is -0.466 e. The van der Waals surface area contributed by atoms with E-state index in [1.807, 2.05) is 0 Å². The Morgan fingerprint density at radius 2 is 2.00 bits per heavy atom. The van der Waals surface area contributed by atoms with Gasteiger partial charge in [0.1, 0.15) is 6.10 Å². The van der Waals surface area contributed by atoms with Gasteiger partial charge < -0.3 is 14.4 Å². The van der Waals surface area contributed by atoms with Gasteiger partial charge in [-0.05, 0) is 26.2 Å². The van der Waals surface area contributed by atoms with Crippen molar-refractivity contribution in [2.45, 2.75) is 64.9 Å². The normalized spacial score (nSPS) is 17.7. The quantitative estimate of drug-likeness (QED) is 0.459. The van der Waals surface area contributed by atoms with Crippen LogP contribution in [0.1, 0.15) is 58.8 Å². The molecule has 0 aromatic carbocycles. The van der Waals surface area contributed by atoms with Crippen LogP contribution in [0.3, 0.4) is 0 Å². The smallest absolute Gasteiger partial charge is 0.307 e. The molecule has 0 radical (unpaired) electrons. The lowest BCUT2D eigenvalue weighted by Crippen LogP contribution is -2.40. The van der Waals surface area contributed by atoms with Gasteiger partial charge in [-0.2, -0.15) is 0 Å². The van der Waals surface area contributed by atoms with Crippen molar-refractivity contribution in [3.63, 3.8) is 0 Å². The van der Waals surface area contributed by atoms with E-state index >= 15 is 0 Å². The third-order valence-corrected chi connectivity index (χ3v) is 3.69. The fourth-order valence-corrected chi connectivity index (χ4v) is 2.50. The van der Waals surface area contributed by atoms with Crippen LogP contribution in [-0.4, -0.2) is 49.2 Å². The zero-order chi connectivity index (χ0) is 15.5. The SMILES string of the molecule is CCCCCCN(CCC(=O)OCC)C(=O)C1CCCO1. The van der Waals surface area contributed by atoms with Gasteiger partial charge in [-0.1, -0.05) is 26.2 Å². The van der Waals surface area contributed by atoms with E-state index in [-0.39, 0.29) is 24.4 Å². The van der Waals surface area contributed by atoms with E-state index in [1.165, 1.54) is 12.8 Å². The molecule has 21 heavy (non-hydrogen) atoms. The molecule has 1 atom stereocenters. The number of carbonyl (C=O) groups excluding carboxylic acids is 2. The van der Waals surface area contributed by atoms with E-state index in [2.05, 4.69) is 6.92 Å². The van der Waals surface area contributed by atoms with Crippen LogP contribution in [0.25, 0.3) is 0 Å². The Labute approximate surface area is 128 Å². The first-order valence-corrected chi connectivity index (χ1v) is 8.25. The van der Waals surface area contributed by atoms with Crippen LogP contribution in [0.15, 0.2) is 0 Å². The monoisotopic (exact) mass is 299 g/mol. The average molecular weight is 299 g/mol. The number of hydrogen-bond donors (Lipinski definition) is 0. The molecule has 1 heterocycles. The van der Waals surface area contributed by atoms with E-state index in [0.717, 1.165) is 25.7 Å². The molecule has 0 aromatic rings. The Kier molecular flexibility index (Phi) is 9.06. The highest BCUT2D eigenvalue weighted by Crippen LogP contribution is 2.16. The second-order valence-electron chi connectivity index (χ2n) is 5.44. The number of hydrogen-bond acceptors (Lipinski definition) is 4. The molecule has 0 saturated carbocycles. The number of unbranched alkanes of at least 4 members (excludes halogenated alkanes) is 3. The van der Waals surface area contributed by atoms with Gasteiger partial charge in [0.05, 0.1) is 13.0 Å². The molecule has 1 fully saturated rings. The predicted octanol–water partition coefficient (Wildman–Crippen LogP) is 2.53. The first-order valence-electron chi connectivity index (χ1n) is 8.25. The zero-order valence-electron chi connectivity index (χ0n) is 13.4. The standard InChI is InChI=1S/C16H29NO4/c1-3-5-6-7-11-17(12-10-15(18)20-4-2)16(19)14-9-8-13-21-14/h14H,3-13H2,1-2H3. The highest BCUT2D eigenvalue weighted by molar-refractivity contribution is 5.81. The van der Waals surface area contributed by atoms with Gasteiger partial charge in [0, 0.05) is 19.7 Å². The fraction of sp³-hybridized carbons (Fsp3) is 0.875. The lowest BCUT2D eigenvalue weighted by Gasteiger charge is -2.25. The number of carbonyl (C=O) groups is 2. The summed E-state index contributed by atoms with van der Waals surface area (Å²) in [4.78, 5) is 25.7. The minimum absolute atomic E-state index is 0.0355. The van der Waals surface area contributed by atoms with Gasteiger partial charge in [-0.15, -0.1) is 0 Å². The third-order valence-electron chi connectivity index (χ3n) is 3.69.